The molecule has 0 saturated heterocycles. The van der Waals surface area contributed by atoms with Crippen LogP contribution in [-0.4, -0.2) is 90.5 Å². The first-order valence-electron chi connectivity index (χ1n) is 18.2. The Morgan fingerprint density at radius 2 is 0.982 bits per heavy atom. The molecule has 8 rings (SSSR count). The molecule has 312 valence electrons. The summed E-state index contributed by atoms with van der Waals surface area (Å²) in [7, 11) is -11.5. The first-order chi connectivity index (χ1) is 23.9. The van der Waals surface area contributed by atoms with Gasteiger partial charge < -0.3 is 23.8 Å². The number of esters is 1. The fraction of sp³-hybridized carbons (Fsp3) is 0.943. The molecular weight excluding hydrogens is 816 g/mol. The average Bonchev–Trinajstić information content (AvgIpc) is 2.99. The van der Waals surface area contributed by atoms with Crippen LogP contribution in [0, 0.1) is 46.3 Å². The molecule has 20 heteroatoms. The third-order valence-electron chi connectivity index (χ3n) is 12.0. The predicted octanol–water partition coefficient (Wildman–Crippen LogP) is 0.741. The van der Waals surface area contributed by atoms with Gasteiger partial charge >= 0.3 is 75.6 Å². The summed E-state index contributed by atoms with van der Waals surface area (Å²) in [5, 5.41) is -1.62. The van der Waals surface area contributed by atoms with Gasteiger partial charge in [-0.15, -0.1) is 0 Å². The Balaban J connectivity index is 0.000000765. The topological polar surface area (TPSA) is 181 Å². The minimum absolute atomic E-state index is 0. The second kappa shape index (κ2) is 22.7. The standard InChI is InChI=1S/C14H20F2O5S.C12H17ClO.C6H15N.C2H4F2O4S.CH4.2Na/c15-14(16,22(18,19)20)8-21-12(17)7-13-4-9-1-10(5-13)3-11(2-9)6-13;13-11(14)7-12-4-8-1-9(5-12)3-10(2-8)6-12;1-4-7(5-2)6-3;3-2(4,1-5)9(6,7)8;;;/h9-11H,1-8H2,(H,18,19,20);8-10H,1-7H2;4-6H2,1-3H3;5H,1H2,(H,6,7,8);1H4;;/q;;;;;2*+1/p-2. The van der Waals surface area contributed by atoms with Crippen LogP contribution >= 0.6 is 11.6 Å². The average molecular weight is 874 g/mol. The van der Waals surface area contributed by atoms with Gasteiger partial charge in [0.1, 0.15) is 6.61 Å². The second-order valence-electron chi connectivity index (χ2n) is 16.2. The van der Waals surface area contributed by atoms with Gasteiger partial charge in [-0.05, 0) is 155 Å². The summed E-state index contributed by atoms with van der Waals surface area (Å²) in [6.45, 7) is 6.46. The maximum atomic E-state index is 13.0. The van der Waals surface area contributed by atoms with Crippen LogP contribution in [0.25, 0.3) is 0 Å². The molecule has 8 aliphatic carbocycles. The monoisotopic (exact) mass is 873 g/mol. The molecule has 0 aromatic carbocycles. The molecule has 0 amide bonds. The number of hydrogen-bond acceptors (Lipinski definition) is 11. The van der Waals surface area contributed by atoms with Crippen molar-refractivity contribution in [1.29, 1.82) is 0 Å². The van der Waals surface area contributed by atoms with E-state index >= 15 is 0 Å². The van der Waals surface area contributed by atoms with Crippen LogP contribution in [0.5, 0.6) is 0 Å². The van der Waals surface area contributed by atoms with E-state index in [4.69, 9.17) is 16.7 Å². The molecule has 8 fully saturated rings. The van der Waals surface area contributed by atoms with Gasteiger partial charge in [0.05, 0.1) is 6.42 Å². The van der Waals surface area contributed by atoms with Crippen LogP contribution < -0.4 is 59.1 Å². The third-order valence-corrected chi connectivity index (χ3v) is 13.9. The molecule has 0 unspecified atom stereocenters. The molecule has 1 N–H and O–H groups in total. The molecule has 8 saturated carbocycles. The number of carbonyl (C=O) groups excluding carboxylic acids is 2. The summed E-state index contributed by atoms with van der Waals surface area (Å²) in [5.74, 6) is 3.80. The summed E-state index contributed by atoms with van der Waals surface area (Å²) >= 11 is 5.57. The van der Waals surface area contributed by atoms with Crippen molar-refractivity contribution in [2.24, 2.45) is 46.3 Å². The summed E-state index contributed by atoms with van der Waals surface area (Å²) in [6, 6.07) is 0. The number of ether oxygens (including phenoxy) is 1. The van der Waals surface area contributed by atoms with E-state index in [1.807, 2.05) is 0 Å². The van der Waals surface area contributed by atoms with Gasteiger partial charge in [0, 0.05) is 6.42 Å². The van der Waals surface area contributed by atoms with Crippen LogP contribution in [0.2, 0.25) is 0 Å². The van der Waals surface area contributed by atoms with Gasteiger partial charge in [-0.2, -0.15) is 17.6 Å². The van der Waals surface area contributed by atoms with Gasteiger partial charge in [-0.3, -0.25) is 9.59 Å². The van der Waals surface area contributed by atoms with Gasteiger partial charge in [0.15, 0.2) is 26.8 Å². The molecular formula is C35H58ClF4NNa2O10S2. The van der Waals surface area contributed by atoms with Crippen LogP contribution in [0.4, 0.5) is 17.6 Å². The SMILES string of the molecule is C.CCN(CC)CC.O=C(CC12CC3CC(CC(C3)C1)C2)OCC(F)(F)S(=O)(=O)[O-].O=C(Cl)CC12CC3CC(CC(C3)C1)C2.O=S(=O)([O-])C(F)(F)CO.[Na+].[Na+]. The predicted molar refractivity (Wildman–Crippen MR) is 189 cm³/mol. The van der Waals surface area contributed by atoms with E-state index in [-0.39, 0.29) is 83.6 Å². The van der Waals surface area contributed by atoms with Gasteiger partial charge in [0.25, 0.3) is 0 Å². The van der Waals surface area contributed by atoms with Crippen LogP contribution in [0.1, 0.15) is 118 Å². The van der Waals surface area contributed by atoms with Crippen molar-refractivity contribution < 1.29 is 122 Å². The zero-order valence-corrected chi connectivity index (χ0v) is 38.6. The minimum atomic E-state index is -5.81. The van der Waals surface area contributed by atoms with Gasteiger partial charge in [-0.1, -0.05) is 28.2 Å². The number of carbonyl (C=O) groups is 2. The first kappa shape index (κ1) is 55.9. The van der Waals surface area contributed by atoms with E-state index in [0.717, 1.165) is 37.0 Å². The zero-order chi connectivity index (χ0) is 39.3. The molecule has 8 bridgehead atoms. The third kappa shape index (κ3) is 16.0. The Hall–Kier alpha value is 0.890. The van der Waals surface area contributed by atoms with Crippen molar-refractivity contribution in [3.63, 3.8) is 0 Å². The summed E-state index contributed by atoms with van der Waals surface area (Å²) in [5.41, 5.74) is 0.172. The molecule has 0 aliphatic heterocycles. The van der Waals surface area contributed by atoms with Crippen molar-refractivity contribution in [2.45, 2.75) is 129 Å². The van der Waals surface area contributed by atoms with E-state index in [1.54, 1.807) is 0 Å². The van der Waals surface area contributed by atoms with Crippen LogP contribution in [-0.2, 0) is 34.6 Å². The number of alkyl halides is 4. The van der Waals surface area contributed by atoms with Crippen LogP contribution in [0.15, 0.2) is 0 Å². The molecule has 11 nitrogen and oxygen atoms in total. The number of hydrogen-bond donors (Lipinski definition) is 1. The Bertz CT molecular complexity index is 1380. The molecule has 0 heterocycles. The van der Waals surface area contributed by atoms with Crippen molar-refractivity contribution in [2.75, 3.05) is 32.8 Å². The molecule has 55 heavy (non-hydrogen) atoms. The maximum absolute atomic E-state index is 13.0. The fourth-order valence-corrected chi connectivity index (χ4v) is 11.3. The second-order valence-corrected chi connectivity index (χ2v) is 19.6. The largest absolute Gasteiger partial charge is 1.00 e. The first-order valence-corrected chi connectivity index (χ1v) is 21.4. The Morgan fingerprint density at radius 1 is 0.691 bits per heavy atom. The molecule has 0 aromatic rings. The van der Waals surface area contributed by atoms with Gasteiger partial charge in [0.2, 0.25) is 5.24 Å². The Kier molecular flexibility index (Phi) is 23.0. The zero-order valence-electron chi connectivity index (χ0n) is 32.2. The molecule has 8 aliphatic rings. The van der Waals surface area contributed by atoms with E-state index < -0.39 is 49.9 Å². The van der Waals surface area contributed by atoms with E-state index in [1.165, 1.54) is 77.4 Å². The maximum Gasteiger partial charge on any atom is 1.00 e. The van der Waals surface area contributed by atoms with Crippen molar-refractivity contribution in [1.82, 2.24) is 4.90 Å². The van der Waals surface area contributed by atoms with Crippen LogP contribution in [0.3, 0.4) is 0 Å². The van der Waals surface area contributed by atoms with Crippen molar-refractivity contribution in [3.05, 3.63) is 0 Å². The molecule has 0 spiro atoms. The molecule has 0 aromatic heterocycles. The summed E-state index contributed by atoms with van der Waals surface area (Å²) < 4.78 is 113. The number of halogens is 5. The minimum Gasteiger partial charge on any atom is -0.743 e. The summed E-state index contributed by atoms with van der Waals surface area (Å²) in [6.07, 6.45) is 15.2. The van der Waals surface area contributed by atoms with Crippen molar-refractivity contribution >= 4 is 43.0 Å². The molecule has 0 atom stereocenters. The van der Waals surface area contributed by atoms with E-state index in [0.29, 0.717) is 29.6 Å². The Morgan fingerprint density at radius 3 is 1.18 bits per heavy atom. The number of rotatable bonds is 12. The summed E-state index contributed by atoms with van der Waals surface area (Å²) in [4.78, 5) is 25.3. The van der Waals surface area contributed by atoms with E-state index in [9.17, 15) is 53.1 Å². The number of nitrogens with zero attached hydrogens (tertiary/aromatic N) is 1. The fourth-order valence-electron chi connectivity index (χ4n) is 10.7. The molecule has 0 radical (unpaired) electrons. The number of aliphatic hydroxyl groups excluding tert-OH is 1. The smallest absolute Gasteiger partial charge is 0.743 e. The quantitative estimate of drug-likeness (QED) is 0.0961. The Labute approximate surface area is 374 Å². The number of aliphatic hydroxyl groups is 1. The van der Waals surface area contributed by atoms with E-state index in [2.05, 4.69) is 30.4 Å². The van der Waals surface area contributed by atoms with Gasteiger partial charge in [-0.25, -0.2) is 16.8 Å². The van der Waals surface area contributed by atoms with Crippen molar-refractivity contribution in [3.8, 4) is 0 Å². The normalized spacial score (nSPS) is 31.1.